The highest BCUT2D eigenvalue weighted by molar-refractivity contribution is 4.86. The van der Waals surface area contributed by atoms with E-state index in [1.165, 1.54) is 32.1 Å². The Bertz CT molecular complexity index is 196. The van der Waals surface area contributed by atoms with Crippen molar-refractivity contribution < 1.29 is 9.84 Å². The molecule has 0 amide bonds. The van der Waals surface area contributed by atoms with Gasteiger partial charge in [-0.25, -0.2) is 0 Å². The maximum Gasteiger partial charge on any atom is 0.0629 e. The SMILES string of the molecule is CCN(C1CCCCC1)C(CO)C(N)COC. The lowest BCUT2D eigenvalue weighted by atomic mass is 9.92. The van der Waals surface area contributed by atoms with E-state index in [0.717, 1.165) is 6.54 Å². The van der Waals surface area contributed by atoms with E-state index in [1.54, 1.807) is 7.11 Å². The molecule has 0 radical (unpaired) electrons. The number of methoxy groups -OCH3 is 1. The summed E-state index contributed by atoms with van der Waals surface area (Å²) in [6.45, 7) is 3.73. The zero-order valence-corrected chi connectivity index (χ0v) is 11.3. The quantitative estimate of drug-likeness (QED) is 0.701. The fourth-order valence-electron chi connectivity index (χ4n) is 2.97. The molecule has 1 fully saturated rings. The Labute approximate surface area is 105 Å². The van der Waals surface area contributed by atoms with Crippen LogP contribution in [0.3, 0.4) is 0 Å². The van der Waals surface area contributed by atoms with Gasteiger partial charge in [-0.05, 0) is 19.4 Å². The molecule has 0 aromatic heterocycles. The van der Waals surface area contributed by atoms with Crippen molar-refractivity contribution in [3.05, 3.63) is 0 Å². The van der Waals surface area contributed by atoms with Crippen LogP contribution in [0.4, 0.5) is 0 Å². The minimum absolute atomic E-state index is 0.0306. The number of likely N-dealkylation sites (N-methyl/N-ethyl adjacent to an activating group) is 1. The molecule has 0 aromatic carbocycles. The van der Waals surface area contributed by atoms with Crippen molar-refractivity contribution in [2.45, 2.75) is 57.2 Å². The molecule has 0 aliphatic heterocycles. The molecule has 0 aromatic rings. The van der Waals surface area contributed by atoms with Gasteiger partial charge in [-0.1, -0.05) is 26.2 Å². The highest BCUT2D eigenvalue weighted by Crippen LogP contribution is 2.24. The summed E-state index contributed by atoms with van der Waals surface area (Å²) in [6, 6.07) is 0.517. The van der Waals surface area contributed by atoms with Gasteiger partial charge in [0.1, 0.15) is 0 Å². The summed E-state index contributed by atoms with van der Waals surface area (Å²) in [4.78, 5) is 2.38. The van der Waals surface area contributed by atoms with Crippen LogP contribution in [0.5, 0.6) is 0 Å². The zero-order chi connectivity index (χ0) is 12.7. The van der Waals surface area contributed by atoms with Crippen LogP contribution in [-0.4, -0.2) is 55.0 Å². The molecule has 1 rings (SSSR count). The van der Waals surface area contributed by atoms with Crippen molar-refractivity contribution in [2.75, 3.05) is 26.9 Å². The molecule has 4 heteroatoms. The number of aliphatic hydroxyl groups excluding tert-OH is 1. The van der Waals surface area contributed by atoms with Gasteiger partial charge in [0, 0.05) is 19.2 Å². The van der Waals surface area contributed by atoms with E-state index in [1.807, 2.05) is 0 Å². The molecule has 2 unspecified atom stereocenters. The van der Waals surface area contributed by atoms with E-state index in [2.05, 4.69) is 11.8 Å². The monoisotopic (exact) mass is 244 g/mol. The molecule has 0 saturated heterocycles. The average Bonchev–Trinajstić information content (AvgIpc) is 2.37. The lowest BCUT2D eigenvalue weighted by Gasteiger charge is -2.40. The Kier molecular flexibility index (Phi) is 7.04. The van der Waals surface area contributed by atoms with Gasteiger partial charge in [0.05, 0.1) is 19.3 Å². The molecular formula is C13H28N2O2. The van der Waals surface area contributed by atoms with Gasteiger partial charge in [0.15, 0.2) is 0 Å². The Hall–Kier alpha value is -0.160. The van der Waals surface area contributed by atoms with Crippen LogP contribution in [0.15, 0.2) is 0 Å². The minimum Gasteiger partial charge on any atom is -0.395 e. The number of hydrogen-bond acceptors (Lipinski definition) is 4. The molecule has 1 saturated carbocycles. The third-order valence-electron chi connectivity index (χ3n) is 3.88. The highest BCUT2D eigenvalue weighted by atomic mass is 16.5. The highest BCUT2D eigenvalue weighted by Gasteiger charge is 2.29. The first-order valence-corrected chi connectivity index (χ1v) is 6.85. The molecule has 2 atom stereocenters. The van der Waals surface area contributed by atoms with Gasteiger partial charge < -0.3 is 15.6 Å². The first-order chi connectivity index (χ1) is 8.24. The summed E-state index contributed by atoms with van der Waals surface area (Å²) in [5.41, 5.74) is 6.10. The van der Waals surface area contributed by atoms with Crippen LogP contribution in [0.25, 0.3) is 0 Å². The lowest BCUT2D eigenvalue weighted by Crippen LogP contribution is -2.55. The fraction of sp³-hybridized carbons (Fsp3) is 1.00. The first kappa shape index (κ1) is 14.9. The first-order valence-electron chi connectivity index (χ1n) is 6.85. The largest absolute Gasteiger partial charge is 0.395 e. The molecule has 4 nitrogen and oxygen atoms in total. The van der Waals surface area contributed by atoms with Gasteiger partial charge in [0.25, 0.3) is 0 Å². The van der Waals surface area contributed by atoms with E-state index in [-0.39, 0.29) is 18.7 Å². The predicted octanol–water partition coefficient (Wildman–Crippen LogP) is 0.976. The van der Waals surface area contributed by atoms with Crippen molar-refractivity contribution in [3.63, 3.8) is 0 Å². The van der Waals surface area contributed by atoms with E-state index in [9.17, 15) is 5.11 Å². The molecule has 17 heavy (non-hydrogen) atoms. The van der Waals surface area contributed by atoms with Gasteiger partial charge in [-0.2, -0.15) is 0 Å². The number of ether oxygens (including phenoxy) is 1. The minimum atomic E-state index is -0.105. The molecule has 1 aliphatic carbocycles. The molecule has 1 aliphatic rings. The van der Waals surface area contributed by atoms with Crippen LogP contribution in [0, 0.1) is 0 Å². The van der Waals surface area contributed by atoms with Crippen molar-refractivity contribution in [2.24, 2.45) is 5.73 Å². The smallest absolute Gasteiger partial charge is 0.0629 e. The van der Waals surface area contributed by atoms with Crippen molar-refractivity contribution in [1.82, 2.24) is 4.90 Å². The standard InChI is InChI=1S/C13H28N2O2/c1-3-15(11-7-5-4-6-8-11)13(9-16)12(14)10-17-2/h11-13,16H,3-10,14H2,1-2H3. The van der Waals surface area contributed by atoms with Gasteiger partial charge in [-0.3, -0.25) is 4.90 Å². The molecule has 0 spiro atoms. The second kappa shape index (κ2) is 8.03. The van der Waals surface area contributed by atoms with Gasteiger partial charge in [-0.15, -0.1) is 0 Å². The number of hydrogen-bond donors (Lipinski definition) is 2. The van der Waals surface area contributed by atoms with Gasteiger partial charge in [0.2, 0.25) is 0 Å². The van der Waals surface area contributed by atoms with Crippen molar-refractivity contribution in [3.8, 4) is 0 Å². The van der Waals surface area contributed by atoms with Crippen molar-refractivity contribution in [1.29, 1.82) is 0 Å². The second-order valence-electron chi connectivity index (χ2n) is 4.99. The van der Waals surface area contributed by atoms with Crippen LogP contribution in [-0.2, 0) is 4.74 Å². The lowest BCUT2D eigenvalue weighted by molar-refractivity contribution is 0.0351. The Morgan fingerprint density at radius 2 is 2.00 bits per heavy atom. The van der Waals surface area contributed by atoms with E-state index in [0.29, 0.717) is 12.6 Å². The number of rotatable bonds is 7. The van der Waals surface area contributed by atoms with Crippen LogP contribution in [0.2, 0.25) is 0 Å². The predicted molar refractivity (Wildman–Crippen MR) is 70.0 cm³/mol. The molecule has 0 bridgehead atoms. The summed E-state index contributed by atoms with van der Waals surface area (Å²) in [5, 5.41) is 9.58. The van der Waals surface area contributed by atoms with E-state index < -0.39 is 0 Å². The van der Waals surface area contributed by atoms with Crippen molar-refractivity contribution >= 4 is 0 Å². The Morgan fingerprint density at radius 1 is 1.35 bits per heavy atom. The number of aliphatic hydroxyl groups is 1. The maximum absolute atomic E-state index is 9.58. The summed E-state index contributed by atoms with van der Waals surface area (Å²) in [5.74, 6) is 0. The summed E-state index contributed by atoms with van der Waals surface area (Å²) in [7, 11) is 1.66. The van der Waals surface area contributed by atoms with Crippen LogP contribution >= 0.6 is 0 Å². The third kappa shape index (κ3) is 4.21. The summed E-state index contributed by atoms with van der Waals surface area (Å²) in [6.07, 6.45) is 6.44. The molecule has 0 heterocycles. The maximum atomic E-state index is 9.58. The topological polar surface area (TPSA) is 58.7 Å². The average molecular weight is 244 g/mol. The molecule has 102 valence electrons. The van der Waals surface area contributed by atoms with E-state index in [4.69, 9.17) is 10.5 Å². The number of nitrogens with zero attached hydrogens (tertiary/aromatic N) is 1. The second-order valence-corrected chi connectivity index (χ2v) is 4.99. The molecule has 3 N–H and O–H groups in total. The van der Waals surface area contributed by atoms with Crippen LogP contribution < -0.4 is 5.73 Å². The fourth-order valence-corrected chi connectivity index (χ4v) is 2.97. The summed E-state index contributed by atoms with van der Waals surface area (Å²) < 4.78 is 5.11. The molecular weight excluding hydrogens is 216 g/mol. The Balaban J connectivity index is 2.60. The zero-order valence-electron chi connectivity index (χ0n) is 11.3. The Morgan fingerprint density at radius 3 is 2.47 bits per heavy atom. The third-order valence-corrected chi connectivity index (χ3v) is 3.88. The van der Waals surface area contributed by atoms with Gasteiger partial charge >= 0.3 is 0 Å². The normalized spacial score (nSPS) is 21.7. The number of nitrogens with two attached hydrogens (primary N) is 1. The van der Waals surface area contributed by atoms with E-state index >= 15 is 0 Å². The van der Waals surface area contributed by atoms with Crippen LogP contribution in [0.1, 0.15) is 39.0 Å². The summed E-state index contributed by atoms with van der Waals surface area (Å²) >= 11 is 0.